The number of aryl methyl sites for hydroxylation is 2. The molecule has 0 aliphatic rings. The fourth-order valence-corrected chi connectivity index (χ4v) is 7.53. The van der Waals surface area contributed by atoms with E-state index >= 15 is 0 Å². The van der Waals surface area contributed by atoms with Crippen LogP contribution in [-0.2, 0) is 17.8 Å². The van der Waals surface area contributed by atoms with Gasteiger partial charge >= 0.3 is 0 Å². The summed E-state index contributed by atoms with van der Waals surface area (Å²) in [7, 11) is 1.70. The van der Waals surface area contributed by atoms with Gasteiger partial charge in [0.15, 0.2) is 0 Å². The zero-order chi connectivity index (χ0) is 33.6. The van der Waals surface area contributed by atoms with E-state index in [-0.39, 0.29) is 11.5 Å². The third kappa shape index (κ3) is 5.30. The number of aromatic nitrogens is 2. The van der Waals surface area contributed by atoms with Gasteiger partial charge in [-0.3, -0.25) is 4.90 Å². The van der Waals surface area contributed by atoms with E-state index in [2.05, 4.69) is 125 Å². The highest BCUT2D eigenvalue weighted by Gasteiger charge is 2.21. The van der Waals surface area contributed by atoms with Gasteiger partial charge in [0.25, 0.3) is 0 Å². The number of benzene rings is 6. The Kier molecular flexibility index (Phi) is 7.83. The number of fused-ring (bicyclic) bond motifs is 6. The van der Waals surface area contributed by atoms with Gasteiger partial charge in [0, 0.05) is 59.4 Å². The fraction of sp³-hybridized carbons (Fsp3) is 0.163. The standard InChI is InChI=1S/C43H39N3O3/c1-28-22-30(42(47)40(24-28)45-36-16-8-4-12-32(36)33-13-5-9-17-37(33)45)26-44(20-21-49-3)27-31-23-29(2)25-41(43(31)48)46-38-18-10-6-14-34(38)35-15-7-11-19-39(35)46/h4-19,22-25,47-48H,20-21,26-27H2,1-3H3. The summed E-state index contributed by atoms with van der Waals surface area (Å²) in [5, 5.41) is 28.6. The lowest BCUT2D eigenvalue weighted by molar-refractivity contribution is 0.139. The van der Waals surface area contributed by atoms with E-state index in [1.807, 2.05) is 24.3 Å². The molecule has 0 aliphatic carbocycles. The van der Waals surface area contributed by atoms with Gasteiger partial charge in [0.1, 0.15) is 11.5 Å². The predicted octanol–water partition coefficient (Wildman–Crippen LogP) is 9.56. The normalized spacial score (nSPS) is 11.9. The molecule has 2 N–H and O–H groups in total. The van der Waals surface area contributed by atoms with E-state index in [4.69, 9.17) is 4.74 Å². The lowest BCUT2D eigenvalue weighted by atomic mass is 10.0. The Bertz CT molecular complexity index is 2230. The van der Waals surface area contributed by atoms with Gasteiger partial charge in [-0.25, -0.2) is 0 Å². The third-order valence-corrected chi connectivity index (χ3v) is 9.67. The highest BCUT2D eigenvalue weighted by atomic mass is 16.5. The van der Waals surface area contributed by atoms with E-state index in [0.29, 0.717) is 26.2 Å². The quantitative estimate of drug-likeness (QED) is 0.164. The molecule has 6 aromatic carbocycles. The summed E-state index contributed by atoms with van der Waals surface area (Å²) in [5.74, 6) is 0.498. The van der Waals surface area contributed by atoms with Crippen molar-refractivity contribution in [1.29, 1.82) is 0 Å². The van der Waals surface area contributed by atoms with Crippen molar-refractivity contribution in [1.82, 2.24) is 14.0 Å². The topological polar surface area (TPSA) is 62.8 Å². The van der Waals surface area contributed by atoms with Crippen LogP contribution in [0.15, 0.2) is 121 Å². The van der Waals surface area contributed by atoms with Crippen LogP contribution in [0, 0.1) is 13.8 Å². The second-order valence-corrected chi connectivity index (χ2v) is 13.0. The second-order valence-electron chi connectivity index (χ2n) is 13.0. The van der Waals surface area contributed by atoms with Crippen LogP contribution in [0.3, 0.4) is 0 Å². The minimum absolute atomic E-state index is 0.249. The molecule has 0 atom stereocenters. The van der Waals surface area contributed by atoms with Crippen LogP contribution in [0.2, 0.25) is 0 Å². The molecule has 0 radical (unpaired) electrons. The summed E-state index contributed by atoms with van der Waals surface area (Å²) in [6.07, 6.45) is 0. The first-order chi connectivity index (χ1) is 23.9. The number of hydrogen-bond donors (Lipinski definition) is 2. The molecule has 49 heavy (non-hydrogen) atoms. The van der Waals surface area contributed by atoms with Crippen LogP contribution in [0.5, 0.6) is 11.5 Å². The lowest BCUT2D eigenvalue weighted by Crippen LogP contribution is -2.27. The van der Waals surface area contributed by atoms with E-state index < -0.39 is 0 Å². The number of hydrogen-bond acceptors (Lipinski definition) is 4. The van der Waals surface area contributed by atoms with Crippen molar-refractivity contribution < 1.29 is 14.9 Å². The molecule has 0 saturated heterocycles. The summed E-state index contributed by atoms with van der Waals surface area (Å²) < 4.78 is 9.87. The average molecular weight is 646 g/mol. The molecule has 0 bridgehead atoms. The Morgan fingerprint density at radius 3 is 1.22 bits per heavy atom. The van der Waals surface area contributed by atoms with Gasteiger partial charge in [0.2, 0.25) is 0 Å². The zero-order valence-electron chi connectivity index (χ0n) is 28.0. The molecule has 2 heterocycles. The number of phenols is 2. The maximum Gasteiger partial charge on any atom is 0.144 e. The van der Waals surface area contributed by atoms with Crippen molar-refractivity contribution in [2.45, 2.75) is 26.9 Å². The maximum absolute atomic E-state index is 12.0. The van der Waals surface area contributed by atoms with Crippen molar-refractivity contribution >= 4 is 43.6 Å². The molecule has 0 spiro atoms. The summed E-state index contributed by atoms with van der Waals surface area (Å²) in [6, 6.07) is 41.6. The number of para-hydroxylation sites is 4. The predicted molar refractivity (Wildman–Crippen MR) is 200 cm³/mol. The SMILES string of the molecule is COCCN(Cc1cc(C)cc(-n2c3ccccc3c3ccccc32)c1O)Cc1cc(C)cc(-n2c3ccccc3c3ccccc32)c1O. The number of methoxy groups -OCH3 is 1. The number of rotatable bonds is 9. The second kappa shape index (κ2) is 12.5. The Hall–Kier alpha value is -5.56. The van der Waals surface area contributed by atoms with Crippen molar-refractivity contribution in [2.24, 2.45) is 0 Å². The van der Waals surface area contributed by atoms with E-state index in [9.17, 15) is 10.2 Å². The zero-order valence-corrected chi connectivity index (χ0v) is 28.0. The third-order valence-electron chi connectivity index (χ3n) is 9.67. The fourth-order valence-electron chi connectivity index (χ4n) is 7.53. The maximum atomic E-state index is 12.0. The Labute approximate surface area is 285 Å². The van der Waals surface area contributed by atoms with Gasteiger partial charge in [-0.15, -0.1) is 0 Å². The van der Waals surface area contributed by atoms with Gasteiger partial charge in [-0.2, -0.15) is 0 Å². The molecule has 244 valence electrons. The highest BCUT2D eigenvalue weighted by molar-refractivity contribution is 6.10. The van der Waals surface area contributed by atoms with Gasteiger partial charge in [-0.05, 0) is 61.4 Å². The molecule has 0 amide bonds. The molecular formula is C43H39N3O3. The minimum atomic E-state index is 0.249. The molecule has 8 aromatic rings. The molecule has 0 unspecified atom stereocenters. The number of aromatic hydroxyl groups is 2. The first-order valence-electron chi connectivity index (χ1n) is 16.8. The largest absolute Gasteiger partial charge is 0.505 e. The molecular weight excluding hydrogens is 606 g/mol. The number of phenolic OH excluding ortho intramolecular Hbond substituents is 2. The summed E-state index contributed by atoms with van der Waals surface area (Å²) in [6.45, 7) is 6.22. The summed E-state index contributed by atoms with van der Waals surface area (Å²) in [5.41, 5.74) is 9.47. The van der Waals surface area contributed by atoms with Crippen molar-refractivity contribution in [3.63, 3.8) is 0 Å². The van der Waals surface area contributed by atoms with E-state index in [0.717, 1.165) is 77.2 Å². The molecule has 6 nitrogen and oxygen atoms in total. The van der Waals surface area contributed by atoms with Crippen LogP contribution in [-0.4, -0.2) is 44.5 Å². The van der Waals surface area contributed by atoms with Crippen LogP contribution in [0.4, 0.5) is 0 Å². The lowest BCUT2D eigenvalue weighted by Gasteiger charge is -2.25. The van der Waals surface area contributed by atoms with Gasteiger partial charge in [0.05, 0.1) is 40.0 Å². The smallest absolute Gasteiger partial charge is 0.144 e. The Balaban J connectivity index is 1.21. The van der Waals surface area contributed by atoms with Crippen molar-refractivity contribution in [3.8, 4) is 22.9 Å². The molecule has 8 rings (SSSR count). The molecule has 0 saturated carbocycles. The molecule has 6 heteroatoms. The first kappa shape index (κ1) is 30.8. The van der Waals surface area contributed by atoms with Crippen LogP contribution in [0.25, 0.3) is 55.0 Å². The number of nitrogens with zero attached hydrogens (tertiary/aromatic N) is 3. The van der Waals surface area contributed by atoms with Crippen LogP contribution < -0.4 is 0 Å². The minimum Gasteiger partial charge on any atom is -0.505 e. The average Bonchev–Trinajstić information content (AvgIpc) is 3.63. The number of ether oxygens (including phenoxy) is 1. The Morgan fingerprint density at radius 2 is 0.878 bits per heavy atom. The highest BCUT2D eigenvalue weighted by Crippen LogP contribution is 2.39. The van der Waals surface area contributed by atoms with Crippen LogP contribution >= 0.6 is 0 Å². The van der Waals surface area contributed by atoms with E-state index in [1.165, 1.54) is 0 Å². The first-order valence-corrected chi connectivity index (χ1v) is 16.8. The Morgan fingerprint density at radius 1 is 0.531 bits per heavy atom. The van der Waals surface area contributed by atoms with E-state index in [1.54, 1.807) is 7.11 Å². The molecule has 0 aliphatic heterocycles. The van der Waals surface area contributed by atoms with Crippen LogP contribution in [0.1, 0.15) is 22.3 Å². The van der Waals surface area contributed by atoms with Gasteiger partial charge in [-0.1, -0.05) is 84.9 Å². The van der Waals surface area contributed by atoms with Crippen molar-refractivity contribution in [2.75, 3.05) is 20.3 Å². The summed E-state index contributed by atoms with van der Waals surface area (Å²) >= 11 is 0. The molecule has 0 fully saturated rings. The summed E-state index contributed by atoms with van der Waals surface area (Å²) in [4.78, 5) is 2.23. The molecule has 2 aromatic heterocycles. The monoisotopic (exact) mass is 645 g/mol. The van der Waals surface area contributed by atoms with Crippen molar-refractivity contribution in [3.05, 3.63) is 144 Å². The van der Waals surface area contributed by atoms with Gasteiger partial charge < -0.3 is 24.1 Å².